The first-order chi connectivity index (χ1) is 10.6. The van der Waals surface area contributed by atoms with Crippen LogP contribution < -0.4 is 0 Å². The van der Waals surface area contributed by atoms with Gasteiger partial charge in [-0.05, 0) is 41.5 Å². The van der Waals surface area contributed by atoms with E-state index in [1.807, 2.05) is 49.4 Å². The third-order valence-corrected chi connectivity index (χ3v) is 3.84. The molecule has 1 atom stereocenters. The van der Waals surface area contributed by atoms with Crippen molar-refractivity contribution in [1.29, 1.82) is 0 Å². The van der Waals surface area contributed by atoms with Crippen LogP contribution in [0.15, 0.2) is 66.7 Å². The number of fused-ring (bicyclic) bond motifs is 1. The maximum Gasteiger partial charge on any atom is 0.338 e. The summed E-state index contributed by atoms with van der Waals surface area (Å²) in [5, 5.41) is 2.74. The van der Waals surface area contributed by atoms with Gasteiger partial charge in [0.1, 0.15) is 6.10 Å². The SMILES string of the molecule is C[C@@H](OC(=O)c1cccc(Cl)c1)c1cccc2ccccc12. The minimum atomic E-state index is -0.372. The Morgan fingerprint density at radius 2 is 1.73 bits per heavy atom. The van der Waals surface area contributed by atoms with E-state index in [-0.39, 0.29) is 12.1 Å². The highest BCUT2D eigenvalue weighted by Crippen LogP contribution is 2.27. The minimum Gasteiger partial charge on any atom is -0.454 e. The molecule has 3 rings (SSSR count). The van der Waals surface area contributed by atoms with Crippen molar-refractivity contribution in [3.63, 3.8) is 0 Å². The Labute approximate surface area is 134 Å². The summed E-state index contributed by atoms with van der Waals surface area (Å²) in [4.78, 5) is 12.2. The molecule has 0 fully saturated rings. The smallest absolute Gasteiger partial charge is 0.338 e. The Kier molecular flexibility index (Phi) is 4.12. The number of halogens is 1. The van der Waals surface area contributed by atoms with Crippen LogP contribution >= 0.6 is 11.6 Å². The molecular weight excluding hydrogens is 296 g/mol. The molecule has 0 N–H and O–H groups in total. The van der Waals surface area contributed by atoms with Crippen molar-refractivity contribution < 1.29 is 9.53 Å². The Morgan fingerprint density at radius 1 is 1.00 bits per heavy atom. The van der Waals surface area contributed by atoms with Crippen molar-refractivity contribution in [1.82, 2.24) is 0 Å². The Bertz CT molecular complexity index is 821. The minimum absolute atomic E-state index is 0.336. The molecule has 0 saturated carbocycles. The lowest BCUT2D eigenvalue weighted by atomic mass is 10.0. The molecule has 0 aliphatic carbocycles. The summed E-state index contributed by atoms with van der Waals surface area (Å²) in [6.45, 7) is 1.88. The second-order valence-corrected chi connectivity index (χ2v) is 5.56. The number of ether oxygens (including phenoxy) is 1. The normalized spacial score (nSPS) is 12.1. The lowest BCUT2D eigenvalue weighted by Crippen LogP contribution is -2.09. The molecule has 110 valence electrons. The zero-order valence-electron chi connectivity index (χ0n) is 12.1. The summed E-state index contributed by atoms with van der Waals surface area (Å²) in [5.41, 5.74) is 1.45. The van der Waals surface area contributed by atoms with Gasteiger partial charge in [-0.2, -0.15) is 0 Å². The molecule has 22 heavy (non-hydrogen) atoms. The largest absolute Gasteiger partial charge is 0.454 e. The standard InChI is InChI=1S/C19H15ClO2/c1-13(22-19(21)15-8-4-9-16(20)12-15)17-11-5-7-14-6-2-3-10-18(14)17/h2-13H,1H3/t13-/m1/s1. The lowest BCUT2D eigenvalue weighted by Gasteiger charge is -2.16. The third-order valence-electron chi connectivity index (χ3n) is 3.61. The second kappa shape index (κ2) is 6.20. The van der Waals surface area contributed by atoms with Crippen LogP contribution in [0.4, 0.5) is 0 Å². The summed E-state index contributed by atoms with van der Waals surface area (Å²) >= 11 is 5.91. The average molecular weight is 311 g/mol. The molecule has 3 heteroatoms. The van der Waals surface area contributed by atoms with Gasteiger partial charge in [0.15, 0.2) is 0 Å². The topological polar surface area (TPSA) is 26.3 Å². The van der Waals surface area contributed by atoms with E-state index in [1.165, 1.54) is 0 Å². The number of carbonyl (C=O) groups is 1. The van der Waals surface area contributed by atoms with Gasteiger partial charge in [-0.3, -0.25) is 0 Å². The molecular formula is C19H15ClO2. The highest BCUT2D eigenvalue weighted by molar-refractivity contribution is 6.30. The molecule has 0 radical (unpaired) electrons. The van der Waals surface area contributed by atoms with Crippen LogP contribution in [0.2, 0.25) is 5.02 Å². The maximum atomic E-state index is 12.2. The third kappa shape index (κ3) is 2.97. The first kappa shape index (κ1) is 14.6. The molecule has 0 amide bonds. The molecule has 3 aromatic rings. The number of hydrogen-bond acceptors (Lipinski definition) is 2. The van der Waals surface area contributed by atoms with E-state index in [1.54, 1.807) is 24.3 Å². The van der Waals surface area contributed by atoms with E-state index in [4.69, 9.17) is 16.3 Å². The zero-order valence-corrected chi connectivity index (χ0v) is 12.9. The fourth-order valence-corrected chi connectivity index (χ4v) is 2.70. The van der Waals surface area contributed by atoms with Crippen LogP contribution in [0.3, 0.4) is 0 Å². The van der Waals surface area contributed by atoms with Gasteiger partial charge < -0.3 is 4.74 Å². The average Bonchev–Trinajstić information content (AvgIpc) is 2.54. The predicted octanol–water partition coefficient (Wildman–Crippen LogP) is 5.41. The quantitative estimate of drug-likeness (QED) is 0.604. The van der Waals surface area contributed by atoms with Gasteiger partial charge >= 0.3 is 5.97 Å². The summed E-state index contributed by atoms with van der Waals surface area (Å²) in [6.07, 6.45) is -0.336. The van der Waals surface area contributed by atoms with Crippen molar-refractivity contribution in [2.45, 2.75) is 13.0 Å². The fourth-order valence-electron chi connectivity index (χ4n) is 2.51. The van der Waals surface area contributed by atoms with Crippen LogP contribution in [-0.2, 0) is 4.74 Å². The van der Waals surface area contributed by atoms with Crippen molar-refractivity contribution in [3.05, 3.63) is 82.9 Å². The summed E-state index contributed by atoms with van der Waals surface area (Å²) in [5.74, 6) is -0.372. The van der Waals surface area contributed by atoms with E-state index in [2.05, 4.69) is 0 Å². The number of esters is 1. The van der Waals surface area contributed by atoms with Gasteiger partial charge in [0, 0.05) is 5.02 Å². The van der Waals surface area contributed by atoms with Gasteiger partial charge in [-0.25, -0.2) is 4.79 Å². The van der Waals surface area contributed by atoms with E-state index in [0.717, 1.165) is 16.3 Å². The first-order valence-electron chi connectivity index (χ1n) is 7.09. The van der Waals surface area contributed by atoms with Gasteiger partial charge in [-0.1, -0.05) is 60.1 Å². The van der Waals surface area contributed by atoms with Crippen LogP contribution in [0.5, 0.6) is 0 Å². The number of hydrogen-bond donors (Lipinski definition) is 0. The molecule has 0 bridgehead atoms. The molecule has 2 nitrogen and oxygen atoms in total. The predicted molar refractivity (Wildman–Crippen MR) is 89.2 cm³/mol. The van der Waals surface area contributed by atoms with E-state index in [0.29, 0.717) is 10.6 Å². The van der Waals surface area contributed by atoms with Crippen LogP contribution in [0.25, 0.3) is 10.8 Å². The van der Waals surface area contributed by atoms with Gasteiger partial charge in [0.25, 0.3) is 0 Å². The number of benzene rings is 3. The van der Waals surface area contributed by atoms with E-state index < -0.39 is 0 Å². The van der Waals surface area contributed by atoms with Crippen molar-refractivity contribution >= 4 is 28.3 Å². The molecule has 0 saturated heterocycles. The Balaban J connectivity index is 1.87. The fraction of sp³-hybridized carbons (Fsp3) is 0.105. The molecule has 0 aliphatic heterocycles. The van der Waals surface area contributed by atoms with Crippen LogP contribution in [0.1, 0.15) is 28.9 Å². The summed E-state index contributed by atoms with van der Waals surface area (Å²) in [7, 11) is 0. The van der Waals surface area contributed by atoms with Gasteiger partial charge in [0.2, 0.25) is 0 Å². The van der Waals surface area contributed by atoms with Crippen molar-refractivity contribution in [2.24, 2.45) is 0 Å². The van der Waals surface area contributed by atoms with Crippen molar-refractivity contribution in [3.8, 4) is 0 Å². The summed E-state index contributed by atoms with van der Waals surface area (Å²) < 4.78 is 5.59. The molecule has 0 aliphatic rings. The first-order valence-corrected chi connectivity index (χ1v) is 7.47. The van der Waals surface area contributed by atoms with Crippen molar-refractivity contribution in [2.75, 3.05) is 0 Å². The highest BCUT2D eigenvalue weighted by atomic mass is 35.5. The van der Waals surface area contributed by atoms with Gasteiger partial charge in [0.05, 0.1) is 5.56 Å². The maximum absolute atomic E-state index is 12.2. The van der Waals surface area contributed by atoms with Crippen LogP contribution in [0, 0.1) is 0 Å². The van der Waals surface area contributed by atoms with E-state index >= 15 is 0 Å². The molecule has 3 aromatic carbocycles. The molecule has 0 unspecified atom stereocenters. The zero-order chi connectivity index (χ0) is 15.5. The van der Waals surface area contributed by atoms with Crippen LogP contribution in [-0.4, -0.2) is 5.97 Å². The second-order valence-electron chi connectivity index (χ2n) is 5.13. The Morgan fingerprint density at radius 3 is 2.55 bits per heavy atom. The number of rotatable bonds is 3. The Hall–Kier alpha value is -2.32. The van der Waals surface area contributed by atoms with Gasteiger partial charge in [-0.15, -0.1) is 0 Å². The molecule has 0 aromatic heterocycles. The monoisotopic (exact) mass is 310 g/mol. The molecule has 0 heterocycles. The molecule has 0 spiro atoms. The summed E-state index contributed by atoms with van der Waals surface area (Å²) in [6, 6.07) is 20.8. The van der Waals surface area contributed by atoms with E-state index in [9.17, 15) is 4.79 Å². The lowest BCUT2D eigenvalue weighted by molar-refractivity contribution is 0.0341. The highest BCUT2D eigenvalue weighted by Gasteiger charge is 2.15. The number of carbonyl (C=O) groups excluding carboxylic acids is 1.